The summed E-state index contributed by atoms with van der Waals surface area (Å²) in [6.45, 7) is 7.08. The van der Waals surface area contributed by atoms with E-state index in [1.807, 2.05) is 6.07 Å². The molecule has 4 rings (SSSR count). The van der Waals surface area contributed by atoms with Crippen LogP contribution in [0.25, 0.3) is 0 Å². The van der Waals surface area contributed by atoms with Crippen molar-refractivity contribution in [2.24, 2.45) is 0 Å². The third kappa shape index (κ3) is 1.97. The minimum Gasteiger partial charge on any atom is -0.491 e. The number of ether oxygens (including phenoxy) is 1. The van der Waals surface area contributed by atoms with E-state index >= 15 is 0 Å². The van der Waals surface area contributed by atoms with E-state index < -0.39 is 0 Å². The van der Waals surface area contributed by atoms with Gasteiger partial charge in [0.25, 0.3) is 0 Å². The van der Waals surface area contributed by atoms with E-state index in [-0.39, 0.29) is 6.04 Å². The number of para-hydroxylation sites is 1. The summed E-state index contributed by atoms with van der Waals surface area (Å²) in [6, 6.07) is 8.66. The number of imidazole rings is 1. The van der Waals surface area contributed by atoms with Crippen LogP contribution in [0.1, 0.15) is 48.6 Å². The molecule has 0 radical (unpaired) electrons. The summed E-state index contributed by atoms with van der Waals surface area (Å²) in [6.07, 6.45) is 1.05. The van der Waals surface area contributed by atoms with Gasteiger partial charge in [0, 0.05) is 36.7 Å². The van der Waals surface area contributed by atoms with Gasteiger partial charge in [-0.1, -0.05) is 32.0 Å². The molecule has 1 atom stereocenters. The molecule has 4 nitrogen and oxygen atoms in total. The zero-order chi connectivity index (χ0) is 14.4. The maximum Gasteiger partial charge on any atom is 0.124 e. The van der Waals surface area contributed by atoms with Crippen LogP contribution in [-0.4, -0.2) is 22.7 Å². The molecule has 0 amide bonds. The molecule has 1 unspecified atom stereocenters. The third-order valence-electron chi connectivity index (χ3n) is 4.45. The van der Waals surface area contributed by atoms with Crippen molar-refractivity contribution < 1.29 is 4.74 Å². The van der Waals surface area contributed by atoms with E-state index in [1.54, 1.807) is 0 Å². The first kappa shape index (κ1) is 12.9. The average Bonchev–Trinajstić information content (AvgIpc) is 3.07. The predicted molar refractivity (Wildman–Crippen MR) is 81.8 cm³/mol. The standard InChI is InChI=1S/C17H21N3O/c1-11(2)17-19-13-9-18-8-7-14(13)20(17)15-10-21-16-6-4-3-5-12(15)16/h3-6,11,15,18H,7-10H2,1-2H3. The van der Waals surface area contributed by atoms with Crippen LogP contribution in [0.15, 0.2) is 24.3 Å². The number of hydrogen-bond donors (Lipinski definition) is 1. The summed E-state index contributed by atoms with van der Waals surface area (Å²) in [5.74, 6) is 2.63. The number of fused-ring (bicyclic) bond motifs is 2. The first-order valence-electron chi connectivity index (χ1n) is 7.78. The second-order valence-electron chi connectivity index (χ2n) is 6.18. The predicted octanol–water partition coefficient (Wildman–Crippen LogP) is 2.63. The number of nitrogens with zero attached hydrogens (tertiary/aromatic N) is 2. The summed E-state index contributed by atoms with van der Waals surface area (Å²) < 4.78 is 8.35. The minimum absolute atomic E-state index is 0.271. The summed E-state index contributed by atoms with van der Waals surface area (Å²) in [7, 11) is 0. The molecular formula is C17H21N3O. The number of aromatic nitrogens is 2. The molecule has 1 aromatic carbocycles. The molecule has 21 heavy (non-hydrogen) atoms. The van der Waals surface area contributed by atoms with Crippen LogP contribution in [0.5, 0.6) is 5.75 Å². The fourth-order valence-electron chi connectivity index (χ4n) is 3.47. The van der Waals surface area contributed by atoms with Gasteiger partial charge in [0.05, 0.1) is 11.7 Å². The molecule has 1 N–H and O–H groups in total. The van der Waals surface area contributed by atoms with Gasteiger partial charge in [-0.3, -0.25) is 0 Å². The lowest BCUT2D eigenvalue weighted by atomic mass is 10.1. The Bertz CT molecular complexity index is 675. The van der Waals surface area contributed by atoms with Crippen LogP contribution in [-0.2, 0) is 13.0 Å². The van der Waals surface area contributed by atoms with Crippen LogP contribution in [0.2, 0.25) is 0 Å². The molecule has 1 aromatic heterocycles. The molecule has 0 aliphatic carbocycles. The highest BCUT2D eigenvalue weighted by Crippen LogP contribution is 2.38. The lowest BCUT2D eigenvalue weighted by Gasteiger charge is -2.21. The molecule has 110 valence electrons. The largest absolute Gasteiger partial charge is 0.491 e. The number of rotatable bonds is 2. The van der Waals surface area contributed by atoms with E-state index in [2.05, 4.69) is 41.9 Å². The van der Waals surface area contributed by atoms with E-state index in [0.29, 0.717) is 5.92 Å². The second-order valence-corrected chi connectivity index (χ2v) is 6.18. The lowest BCUT2D eigenvalue weighted by Crippen LogP contribution is -2.27. The van der Waals surface area contributed by atoms with Crippen LogP contribution in [0.4, 0.5) is 0 Å². The smallest absolute Gasteiger partial charge is 0.124 e. The van der Waals surface area contributed by atoms with Gasteiger partial charge < -0.3 is 14.6 Å². The molecule has 2 aliphatic heterocycles. The van der Waals surface area contributed by atoms with E-state index in [9.17, 15) is 0 Å². The van der Waals surface area contributed by atoms with Crippen LogP contribution >= 0.6 is 0 Å². The highest BCUT2D eigenvalue weighted by atomic mass is 16.5. The van der Waals surface area contributed by atoms with Gasteiger partial charge in [0.1, 0.15) is 18.2 Å². The summed E-state index contributed by atoms with van der Waals surface area (Å²) in [5.41, 5.74) is 3.90. The van der Waals surface area contributed by atoms with Crippen molar-refractivity contribution in [1.82, 2.24) is 14.9 Å². The Morgan fingerprint density at radius 2 is 2.19 bits per heavy atom. The van der Waals surface area contributed by atoms with Crippen molar-refractivity contribution in [1.29, 1.82) is 0 Å². The summed E-state index contributed by atoms with van der Waals surface area (Å²) >= 11 is 0. The third-order valence-corrected chi connectivity index (χ3v) is 4.45. The molecule has 4 heteroatoms. The Balaban J connectivity index is 1.87. The van der Waals surface area contributed by atoms with Gasteiger partial charge in [-0.25, -0.2) is 4.98 Å². The van der Waals surface area contributed by atoms with E-state index in [1.165, 1.54) is 22.8 Å². The van der Waals surface area contributed by atoms with Gasteiger partial charge >= 0.3 is 0 Å². The molecule has 2 aliphatic rings. The Hall–Kier alpha value is -1.81. The quantitative estimate of drug-likeness (QED) is 0.921. The topological polar surface area (TPSA) is 39.1 Å². The first-order chi connectivity index (χ1) is 10.3. The molecule has 0 saturated heterocycles. The minimum atomic E-state index is 0.271. The fraction of sp³-hybridized carbons (Fsp3) is 0.471. The van der Waals surface area contributed by atoms with Crippen molar-refractivity contribution in [2.75, 3.05) is 13.2 Å². The van der Waals surface area contributed by atoms with Gasteiger partial charge in [0.2, 0.25) is 0 Å². The van der Waals surface area contributed by atoms with E-state index in [4.69, 9.17) is 9.72 Å². The fourth-order valence-corrected chi connectivity index (χ4v) is 3.47. The van der Waals surface area contributed by atoms with Gasteiger partial charge in [0.15, 0.2) is 0 Å². The van der Waals surface area contributed by atoms with Gasteiger partial charge in [-0.2, -0.15) is 0 Å². The highest BCUT2D eigenvalue weighted by molar-refractivity contribution is 5.41. The Kier molecular flexibility index (Phi) is 3.00. The zero-order valence-electron chi connectivity index (χ0n) is 12.6. The normalized spacial score (nSPS) is 20.2. The maximum absolute atomic E-state index is 5.90. The lowest BCUT2D eigenvalue weighted by molar-refractivity contribution is 0.310. The summed E-state index contributed by atoms with van der Waals surface area (Å²) in [4.78, 5) is 4.91. The van der Waals surface area contributed by atoms with Crippen LogP contribution < -0.4 is 10.1 Å². The monoisotopic (exact) mass is 283 g/mol. The maximum atomic E-state index is 5.90. The number of hydrogen-bond acceptors (Lipinski definition) is 3. The zero-order valence-corrected chi connectivity index (χ0v) is 12.6. The molecule has 0 fully saturated rings. The summed E-state index contributed by atoms with van der Waals surface area (Å²) in [5, 5.41) is 3.42. The Labute approximate surface area is 125 Å². The van der Waals surface area contributed by atoms with E-state index in [0.717, 1.165) is 31.9 Å². The molecule has 0 spiro atoms. The molecule has 2 aromatic rings. The van der Waals surface area contributed by atoms with Crippen molar-refractivity contribution in [2.45, 2.75) is 38.8 Å². The molecule has 0 saturated carbocycles. The Morgan fingerprint density at radius 1 is 1.33 bits per heavy atom. The molecule has 3 heterocycles. The van der Waals surface area contributed by atoms with Crippen LogP contribution in [0, 0.1) is 0 Å². The van der Waals surface area contributed by atoms with Crippen molar-refractivity contribution in [3.63, 3.8) is 0 Å². The van der Waals surface area contributed by atoms with Gasteiger partial charge in [-0.05, 0) is 6.07 Å². The Morgan fingerprint density at radius 3 is 3.05 bits per heavy atom. The highest BCUT2D eigenvalue weighted by Gasteiger charge is 2.32. The van der Waals surface area contributed by atoms with Crippen molar-refractivity contribution in [3.8, 4) is 5.75 Å². The van der Waals surface area contributed by atoms with Crippen molar-refractivity contribution in [3.05, 3.63) is 47.0 Å². The van der Waals surface area contributed by atoms with Crippen molar-refractivity contribution >= 4 is 0 Å². The van der Waals surface area contributed by atoms with Crippen LogP contribution in [0.3, 0.4) is 0 Å². The SMILES string of the molecule is CC(C)c1nc2c(n1C1COc3ccccc31)CCNC2. The number of benzene rings is 1. The average molecular weight is 283 g/mol. The van der Waals surface area contributed by atoms with Gasteiger partial charge in [-0.15, -0.1) is 0 Å². The first-order valence-corrected chi connectivity index (χ1v) is 7.78. The molecular weight excluding hydrogens is 262 g/mol. The number of nitrogens with one attached hydrogen (secondary N) is 1. The second kappa shape index (κ2) is 4.88. The molecule has 0 bridgehead atoms.